The Morgan fingerprint density at radius 3 is 3.00 bits per heavy atom. The molecule has 0 amide bonds. The lowest BCUT2D eigenvalue weighted by Crippen LogP contribution is -2.50. The number of halogens is 1. The van der Waals surface area contributed by atoms with Gasteiger partial charge in [0, 0.05) is 30.2 Å². The lowest BCUT2D eigenvalue weighted by molar-refractivity contribution is -0.0689. The lowest BCUT2D eigenvalue weighted by Gasteiger charge is -2.37. The molecule has 1 aromatic carbocycles. The Morgan fingerprint density at radius 1 is 1.41 bits per heavy atom. The van der Waals surface area contributed by atoms with Crippen LogP contribution in [0.4, 0.5) is 4.39 Å². The van der Waals surface area contributed by atoms with Crippen LogP contribution in [0.2, 0.25) is 0 Å². The molecule has 6 heteroatoms. The highest BCUT2D eigenvalue weighted by Crippen LogP contribution is 2.22. The highest BCUT2D eigenvalue weighted by molar-refractivity contribution is 5.78. The van der Waals surface area contributed by atoms with E-state index in [0.717, 1.165) is 13.0 Å². The lowest BCUT2D eigenvalue weighted by atomic mass is 9.94. The fourth-order valence-electron chi connectivity index (χ4n) is 3.09. The van der Waals surface area contributed by atoms with Crippen LogP contribution in [-0.4, -0.2) is 45.4 Å². The summed E-state index contributed by atoms with van der Waals surface area (Å²) in [5, 5.41) is 19.8. The average Bonchev–Trinajstić information content (AvgIpc) is 2.49. The van der Waals surface area contributed by atoms with Crippen molar-refractivity contribution in [2.24, 2.45) is 0 Å². The predicted molar refractivity (Wildman–Crippen MR) is 81.1 cm³/mol. The summed E-state index contributed by atoms with van der Waals surface area (Å²) in [7, 11) is 0. The summed E-state index contributed by atoms with van der Waals surface area (Å²) in [5.74, 6) is -0.457. The van der Waals surface area contributed by atoms with Gasteiger partial charge in [-0.2, -0.15) is 0 Å². The second-order valence-electron chi connectivity index (χ2n) is 6.02. The van der Waals surface area contributed by atoms with E-state index in [-0.39, 0.29) is 17.6 Å². The number of benzene rings is 1. The minimum atomic E-state index is -1.10. The van der Waals surface area contributed by atoms with E-state index in [0.29, 0.717) is 30.6 Å². The van der Waals surface area contributed by atoms with Gasteiger partial charge in [0.05, 0.1) is 12.1 Å². The molecule has 1 aliphatic rings. The van der Waals surface area contributed by atoms with Crippen LogP contribution < -0.4 is 5.43 Å². The van der Waals surface area contributed by atoms with Crippen molar-refractivity contribution >= 4 is 10.9 Å². The highest BCUT2D eigenvalue weighted by Gasteiger charge is 2.32. The largest absolute Gasteiger partial charge is 0.393 e. The first kappa shape index (κ1) is 15.1. The van der Waals surface area contributed by atoms with Crippen molar-refractivity contribution in [3.05, 3.63) is 46.0 Å². The first-order chi connectivity index (χ1) is 10.5. The van der Waals surface area contributed by atoms with Gasteiger partial charge < -0.3 is 15.2 Å². The zero-order chi connectivity index (χ0) is 15.7. The number of piperidine rings is 1. The third-order valence-corrected chi connectivity index (χ3v) is 4.19. The third kappa shape index (κ3) is 2.90. The molecular formula is C16H19FN2O3. The van der Waals surface area contributed by atoms with E-state index in [9.17, 15) is 19.4 Å². The topological polar surface area (TPSA) is 76.6 Å². The van der Waals surface area contributed by atoms with Gasteiger partial charge in [-0.25, -0.2) is 4.39 Å². The summed E-state index contributed by atoms with van der Waals surface area (Å²) in [6.45, 7) is 1.22. The summed E-state index contributed by atoms with van der Waals surface area (Å²) in [6, 6.07) is 5.88. The molecule has 1 atom stereocenters. The number of rotatable bonds is 3. The van der Waals surface area contributed by atoms with Gasteiger partial charge in [0.15, 0.2) is 5.43 Å². The molecule has 1 aromatic heterocycles. The van der Waals surface area contributed by atoms with Gasteiger partial charge >= 0.3 is 0 Å². The fourth-order valence-corrected chi connectivity index (χ4v) is 3.09. The van der Waals surface area contributed by atoms with Crippen LogP contribution in [0.3, 0.4) is 0 Å². The molecule has 1 aliphatic heterocycles. The summed E-state index contributed by atoms with van der Waals surface area (Å²) in [6.07, 6.45) is 1.33. The number of aliphatic hydroxyl groups excluding tert-OH is 1. The first-order valence-electron chi connectivity index (χ1n) is 7.37. The number of aliphatic hydroxyl groups is 2. The maximum atomic E-state index is 13.8. The molecule has 3 N–H and O–H groups in total. The number of para-hydroxylation sites is 1. The number of nitrogens with one attached hydrogen (secondary N) is 1. The molecule has 118 valence electrons. The standard InChI is InChI=1S/C16H19FN2O3/c17-13-4-1-3-12-14(21)7-11(18-15(12)13)8-19-6-2-5-16(22,9-19)10-20/h1,3-4,7,20,22H,2,5-6,8-10H2,(H,18,21)/t16-/m1/s1. The Morgan fingerprint density at radius 2 is 2.23 bits per heavy atom. The molecule has 0 radical (unpaired) electrons. The van der Waals surface area contributed by atoms with Gasteiger partial charge in [0.2, 0.25) is 0 Å². The fraction of sp³-hybridized carbons (Fsp3) is 0.438. The molecule has 3 rings (SSSR count). The molecule has 5 nitrogen and oxygen atoms in total. The van der Waals surface area contributed by atoms with Gasteiger partial charge in [0.25, 0.3) is 0 Å². The second kappa shape index (κ2) is 5.79. The third-order valence-electron chi connectivity index (χ3n) is 4.19. The molecule has 0 unspecified atom stereocenters. The van der Waals surface area contributed by atoms with Crippen molar-refractivity contribution in [1.82, 2.24) is 9.88 Å². The van der Waals surface area contributed by atoms with E-state index in [2.05, 4.69) is 4.98 Å². The van der Waals surface area contributed by atoms with Crippen LogP contribution in [-0.2, 0) is 6.54 Å². The first-order valence-corrected chi connectivity index (χ1v) is 7.37. The molecule has 2 aromatic rings. The monoisotopic (exact) mass is 306 g/mol. The van der Waals surface area contributed by atoms with Crippen molar-refractivity contribution in [3.63, 3.8) is 0 Å². The number of hydrogen-bond donors (Lipinski definition) is 3. The number of likely N-dealkylation sites (tertiary alicyclic amines) is 1. The molecule has 0 spiro atoms. The Kier molecular flexibility index (Phi) is 3.99. The number of hydrogen-bond acceptors (Lipinski definition) is 4. The van der Waals surface area contributed by atoms with Gasteiger partial charge in [-0.1, -0.05) is 6.07 Å². The van der Waals surface area contributed by atoms with Crippen LogP contribution in [0.5, 0.6) is 0 Å². The van der Waals surface area contributed by atoms with Crippen LogP contribution in [0.1, 0.15) is 18.5 Å². The Bertz CT molecular complexity index is 746. The zero-order valence-corrected chi connectivity index (χ0v) is 12.2. The Balaban J connectivity index is 1.88. The number of nitrogens with zero attached hydrogens (tertiary/aromatic N) is 1. The number of pyridine rings is 1. The van der Waals surface area contributed by atoms with Gasteiger partial charge in [-0.15, -0.1) is 0 Å². The van der Waals surface area contributed by atoms with Crippen LogP contribution in [0.25, 0.3) is 10.9 Å². The van der Waals surface area contributed by atoms with Gasteiger partial charge in [0.1, 0.15) is 11.4 Å². The molecule has 1 saturated heterocycles. The van der Waals surface area contributed by atoms with Gasteiger partial charge in [-0.05, 0) is 31.5 Å². The second-order valence-corrected chi connectivity index (χ2v) is 6.02. The van der Waals surface area contributed by atoms with Crippen molar-refractivity contribution in [2.75, 3.05) is 19.7 Å². The average molecular weight is 306 g/mol. The molecule has 2 heterocycles. The van der Waals surface area contributed by atoms with Crippen LogP contribution >= 0.6 is 0 Å². The molecule has 0 saturated carbocycles. The summed E-state index contributed by atoms with van der Waals surface area (Å²) in [4.78, 5) is 17.0. The number of H-pyrrole nitrogens is 1. The maximum Gasteiger partial charge on any atom is 0.189 e. The quantitative estimate of drug-likeness (QED) is 0.790. The highest BCUT2D eigenvalue weighted by atomic mass is 19.1. The summed E-state index contributed by atoms with van der Waals surface area (Å²) < 4.78 is 13.8. The molecule has 22 heavy (non-hydrogen) atoms. The van der Waals surface area contributed by atoms with Crippen molar-refractivity contribution in [2.45, 2.75) is 25.0 Å². The van der Waals surface area contributed by atoms with Crippen molar-refractivity contribution in [3.8, 4) is 0 Å². The zero-order valence-electron chi connectivity index (χ0n) is 12.2. The van der Waals surface area contributed by atoms with Crippen molar-refractivity contribution in [1.29, 1.82) is 0 Å². The number of aromatic nitrogens is 1. The normalized spacial score (nSPS) is 23.0. The van der Waals surface area contributed by atoms with E-state index in [1.807, 2.05) is 4.90 Å². The molecule has 0 bridgehead atoms. The Labute approximate surface area is 127 Å². The van der Waals surface area contributed by atoms with Crippen LogP contribution in [0.15, 0.2) is 29.1 Å². The smallest absolute Gasteiger partial charge is 0.189 e. The van der Waals surface area contributed by atoms with Gasteiger partial charge in [-0.3, -0.25) is 9.69 Å². The molecular weight excluding hydrogens is 287 g/mol. The van der Waals surface area contributed by atoms with Crippen LogP contribution in [0, 0.1) is 5.82 Å². The summed E-state index contributed by atoms with van der Waals surface area (Å²) >= 11 is 0. The number of aromatic amines is 1. The van der Waals surface area contributed by atoms with E-state index in [4.69, 9.17) is 0 Å². The SMILES string of the molecule is O=c1cc(CN2CCC[C@](O)(CO)C2)[nH]c2c(F)cccc12. The van der Waals surface area contributed by atoms with Crippen molar-refractivity contribution < 1.29 is 14.6 Å². The van der Waals surface area contributed by atoms with E-state index in [1.54, 1.807) is 6.07 Å². The van der Waals surface area contributed by atoms with E-state index >= 15 is 0 Å². The Hall–Kier alpha value is -1.76. The molecule has 0 aliphatic carbocycles. The predicted octanol–water partition coefficient (Wildman–Crippen LogP) is 0.986. The number of fused-ring (bicyclic) bond motifs is 1. The van der Waals surface area contributed by atoms with E-state index < -0.39 is 11.4 Å². The summed E-state index contributed by atoms with van der Waals surface area (Å²) in [5.41, 5.74) is -0.511. The molecule has 1 fully saturated rings. The number of β-amino-alcohol motifs (C(OH)–C–C–N with tert-alkyl or cyclic N) is 1. The maximum absolute atomic E-state index is 13.8. The van der Waals surface area contributed by atoms with E-state index in [1.165, 1.54) is 18.2 Å². The minimum absolute atomic E-state index is 0.208. The minimum Gasteiger partial charge on any atom is -0.393 e.